The van der Waals surface area contributed by atoms with Crippen molar-refractivity contribution in [3.05, 3.63) is 53.3 Å². The molecule has 142 valence electrons. The first-order valence-corrected chi connectivity index (χ1v) is 9.19. The van der Waals surface area contributed by atoms with Crippen molar-refractivity contribution in [3.63, 3.8) is 0 Å². The Morgan fingerprint density at radius 2 is 1.93 bits per heavy atom. The van der Waals surface area contributed by atoms with E-state index in [1.54, 1.807) is 32.7 Å². The Morgan fingerprint density at radius 3 is 2.59 bits per heavy atom. The van der Waals surface area contributed by atoms with Crippen molar-refractivity contribution in [1.82, 2.24) is 9.88 Å². The average molecular weight is 368 g/mol. The van der Waals surface area contributed by atoms with E-state index in [-0.39, 0.29) is 11.3 Å². The van der Waals surface area contributed by atoms with Gasteiger partial charge in [-0.15, -0.1) is 0 Å². The Balaban J connectivity index is 1.77. The van der Waals surface area contributed by atoms with Gasteiger partial charge in [-0.3, -0.25) is 9.78 Å². The lowest BCUT2D eigenvalue weighted by atomic mass is 9.69. The second kappa shape index (κ2) is 7.19. The van der Waals surface area contributed by atoms with Gasteiger partial charge in [0.25, 0.3) is 5.91 Å². The second-order valence-electron chi connectivity index (χ2n) is 7.16. The summed E-state index contributed by atoms with van der Waals surface area (Å²) >= 11 is 0. The summed E-state index contributed by atoms with van der Waals surface area (Å²) in [5.41, 5.74) is 2.85. The summed E-state index contributed by atoms with van der Waals surface area (Å²) in [7, 11) is 3.29. The van der Waals surface area contributed by atoms with Crippen LogP contribution in [0.4, 0.5) is 0 Å². The Kier molecular flexibility index (Phi) is 4.74. The summed E-state index contributed by atoms with van der Waals surface area (Å²) in [6.45, 7) is 2.62. The number of aromatic nitrogens is 1. The maximum absolute atomic E-state index is 13.1. The van der Waals surface area contributed by atoms with Crippen LogP contribution in [0.2, 0.25) is 0 Å². The fraction of sp³-hybridized carbons (Fsp3) is 0.429. The van der Waals surface area contributed by atoms with Gasteiger partial charge >= 0.3 is 0 Å². The van der Waals surface area contributed by atoms with Gasteiger partial charge in [0, 0.05) is 44.1 Å². The average Bonchev–Trinajstić information content (AvgIpc) is 2.73. The van der Waals surface area contributed by atoms with Crippen LogP contribution >= 0.6 is 0 Å². The van der Waals surface area contributed by atoms with Crippen molar-refractivity contribution in [2.75, 3.05) is 34.0 Å². The zero-order valence-electron chi connectivity index (χ0n) is 15.7. The molecular weight excluding hydrogens is 344 g/mol. The SMILES string of the molecule is COc1cc2c(cc1OC)C1(CCOCC1)CN(C(=O)c1cccnc1)C2. The summed E-state index contributed by atoms with van der Waals surface area (Å²) in [4.78, 5) is 19.1. The lowest BCUT2D eigenvalue weighted by Gasteiger charge is -2.46. The highest BCUT2D eigenvalue weighted by Crippen LogP contribution is 2.45. The smallest absolute Gasteiger partial charge is 0.255 e. The van der Waals surface area contributed by atoms with E-state index >= 15 is 0 Å². The number of pyridine rings is 1. The van der Waals surface area contributed by atoms with E-state index in [9.17, 15) is 4.79 Å². The molecule has 0 radical (unpaired) electrons. The molecule has 1 fully saturated rings. The van der Waals surface area contributed by atoms with Gasteiger partial charge in [-0.1, -0.05) is 0 Å². The third-order valence-electron chi connectivity index (χ3n) is 5.68. The topological polar surface area (TPSA) is 60.9 Å². The summed E-state index contributed by atoms with van der Waals surface area (Å²) in [5.74, 6) is 1.43. The van der Waals surface area contributed by atoms with Crippen molar-refractivity contribution in [2.45, 2.75) is 24.8 Å². The maximum Gasteiger partial charge on any atom is 0.255 e. The van der Waals surface area contributed by atoms with E-state index in [0.29, 0.717) is 37.6 Å². The standard InChI is InChI=1S/C21H24N2O4/c1-25-18-10-16-13-23(20(24)15-4-3-7-22-12-15)14-21(5-8-27-9-6-21)17(16)11-19(18)26-2/h3-4,7,10-12H,5-6,8-9,13-14H2,1-2H3. The minimum atomic E-state index is -0.122. The summed E-state index contributed by atoms with van der Waals surface area (Å²) in [6, 6.07) is 7.71. The van der Waals surface area contributed by atoms with Gasteiger partial charge in [0.15, 0.2) is 11.5 Å². The minimum Gasteiger partial charge on any atom is -0.493 e. The Bertz CT molecular complexity index is 832. The number of carbonyl (C=O) groups excluding carboxylic acids is 1. The molecule has 3 heterocycles. The first-order chi connectivity index (χ1) is 13.2. The minimum absolute atomic E-state index is 0.00871. The first-order valence-electron chi connectivity index (χ1n) is 9.19. The van der Waals surface area contributed by atoms with E-state index in [1.165, 1.54) is 5.56 Å². The molecule has 0 aliphatic carbocycles. The summed E-state index contributed by atoms with van der Waals surface area (Å²) < 4.78 is 16.7. The molecule has 6 nitrogen and oxygen atoms in total. The quantitative estimate of drug-likeness (QED) is 0.834. The molecular formula is C21H24N2O4. The molecule has 2 aliphatic heterocycles. The third kappa shape index (κ3) is 3.14. The predicted octanol–water partition coefficient (Wildman–Crippen LogP) is 2.80. The van der Waals surface area contributed by atoms with Crippen molar-refractivity contribution in [3.8, 4) is 11.5 Å². The van der Waals surface area contributed by atoms with Crippen molar-refractivity contribution >= 4 is 5.91 Å². The number of nitrogens with zero attached hydrogens (tertiary/aromatic N) is 2. The maximum atomic E-state index is 13.1. The normalized spacial score (nSPS) is 18.1. The molecule has 4 rings (SSSR count). The number of benzene rings is 1. The molecule has 6 heteroatoms. The number of ether oxygens (including phenoxy) is 3. The van der Waals surface area contributed by atoms with Gasteiger partial charge in [0.2, 0.25) is 0 Å². The van der Waals surface area contributed by atoms with Crippen molar-refractivity contribution in [1.29, 1.82) is 0 Å². The molecule has 2 aliphatic rings. The zero-order valence-corrected chi connectivity index (χ0v) is 15.7. The molecule has 27 heavy (non-hydrogen) atoms. The van der Waals surface area contributed by atoms with Crippen LogP contribution in [-0.2, 0) is 16.7 Å². The second-order valence-corrected chi connectivity index (χ2v) is 7.16. The lowest BCUT2D eigenvalue weighted by Crippen LogP contribution is -2.50. The van der Waals surface area contributed by atoms with Crippen LogP contribution in [0.25, 0.3) is 0 Å². The Labute approximate surface area is 159 Å². The number of amides is 1. The lowest BCUT2D eigenvalue weighted by molar-refractivity contribution is 0.0236. The van der Waals surface area contributed by atoms with Crippen LogP contribution in [0.5, 0.6) is 11.5 Å². The van der Waals surface area contributed by atoms with Crippen LogP contribution in [0.3, 0.4) is 0 Å². The molecule has 1 amide bonds. The van der Waals surface area contributed by atoms with Gasteiger partial charge < -0.3 is 19.1 Å². The zero-order chi connectivity index (χ0) is 18.9. The fourth-order valence-corrected chi connectivity index (χ4v) is 4.26. The molecule has 0 saturated carbocycles. The van der Waals surface area contributed by atoms with E-state index in [4.69, 9.17) is 14.2 Å². The molecule has 1 spiro atoms. The number of hydrogen-bond donors (Lipinski definition) is 0. The molecule has 0 unspecified atom stereocenters. The number of carbonyl (C=O) groups is 1. The Hall–Kier alpha value is -2.60. The van der Waals surface area contributed by atoms with Crippen LogP contribution in [0.1, 0.15) is 34.3 Å². The van der Waals surface area contributed by atoms with Crippen LogP contribution < -0.4 is 9.47 Å². The molecule has 0 N–H and O–H groups in total. The van der Waals surface area contributed by atoms with Crippen molar-refractivity contribution < 1.29 is 19.0 Å². The molecule has 1 aromatic heterocycles. The van der Waals surface area contributed by atoms with Gasteiger partial charge in [0.05, 0.1) is 19.8 Å². The first kappa shape index (κ1) is 17.8. The largest absolute Gasteiger partial charge is 0.493 e. The molecule has 1 saturated heterocycles. The molecule has 0 bridgehead atoms. The monoisotopic (exact) mass is 368 g/mol. The van der Waals surface area contributed by atoms with E-state index < -0.39 is 0 Å². The molecule has 1 aromatic carbocycles. The van der Waals surface area contributed by atoms with Gasteiger partial charge in [-0.2, -0.15) is 0 Å². The van der Waals surface area contributed by atoms with Gasteiger partial charge in [-0.25, -0.2) is 0 Å². The van der Waals surface area contributed by atoms with E-state index in [0.717, 1.165) is 24.2 Å². The molecule has 2 aromatic rings. The fourth-order valence-electron chi connectivity index (χ4n) is 4.26. The number of fused-ring (bicyclic) bond motifs is 2. The highest BCUT2D eigenvalue weighted by Gasteiger charge is 2.43. The van der Waals surface area contributed by atoms with Crippen LogP contribution in [0, 0.1) is 0 Å². The van der Waals surface area contributed by atoms with E-state index in [2.05, 4.69) is 11.1 Å². The van der Waals surface area contributed by atoms with Crippen LogP contribution in [0.15, 0.2) is 36.7 Å². The number of methoxy groups -OCH3 is 2. The summed E-state index contributed by atoms with van der Waals surface area (Å²) in [5, 5.41) is 0. The number of hydrogen-bond acceptors (Lipinski definition) is 5. The number of rotatable bonds is 3. The van der Waals surface area contributed by atoms with E-state index in [1.807, 2.05) is 17.0 Å². The van der Waals surface area contributed by atoms with Crippen LogP contribution in [-0.4, -0.2) is 49.8 Å². The molecule has 0 atom stereocenters. The predicted molar refractivity (Wildman–Crippen MR) is 100 cm³/mol. The summed E-state index contributed by atoms with van der Waals surface area (Å²) in [6.07, 6.45) is 5.07. The van der Waals surface area contributed by atoms with Crippen molar-refractivity contribution in [2.24, 2.45) is 0 Å². The third-order valence-corrected chi connectivity index (χ3v) is 5.68. The highest BCUT2D eigenvalue weighted by molar-refractivity contribution is 5.94. The Morgan fingerprint density at radius 1 is 1.19 bits per heavy atom. The highest BCUT2D eigenvalue weighted by atomic mass is 16.5. The van der Waals surface area contributed by atoms with Gasteiger partial charge in [-0.05, 0) is 48.2 Å². The van der Waals surface area contributed by atoms with Gasteiger partial charge in [0.1, 0.15) is 0 Å².